The van der Waals surface area contributed by atoms with Gasteiger partial charge in [-0.05, 0) is 0 Å². The summed E-state index contributed by atoms with van der Waals surface area (Å²) in [5, 5.41) is 8.15. The van der Waals surface area contributed by atoms with Crippen LogP contribution in [0.3, 0.4) is 0 Å². The molecule has 0 radical (unpaired) electrons. The minimum Gasteiger partial charge on any atom is -0.418 e. The van der Waals surface area contributed by atoms with E-state index in [0.29, 0.717) is 5.70 Å². The monoisotopic (exact) mass is 191 g/mol. The van der Waals surface area contributed by atoms with E-state index in [4.69, 9.17) is 5.39 Å². The second-order valence-corrected chi connectivity index (χ2v) is 1.85. The van der Waals surface area contributed by atoms with E-state index in [9.17, 15) is 17.3 Å². The van der Waals surface area contributed by atoms with Crippen LogP contribution in [0.2, 0.25) is 0 Å². The predicted octanol–water partition coefficient (Wildman–Crippen LogP) is 2.95. The summed E-state index contributed by atoms with van der Waals surface area (Å²) in [5.41, 5.74) is 0.559. The van der Waals surface area contributed by atoms with Gasteiger partial charge in [0.15, 0.2) is 4.98 Å². The molecule has 1 rings (SSSR count). The van der Waals surface area contributed by atoms with Crippen LogP contribution in [0.4, 0.5) is 17.3 Å². The number of halogens is 4. The number of rotatable bonds is 0. The van der Waals surface area contributed by atoms with Crippen molar-refractivity contribution in [3.63, 3.8) is 0 Å². The molecule has 0 heterocycles. The third kappa shape index (κ3) is 10.3. The van der Waals surface area contributed by atoms with E-state index < -0.39 is 7.25 Å². The minimum atomic E-state index is -6.00. The molecule has 0 aliphatic heterocycles. The van der Waals surface area contributed by atoms with Crippen LogP contribution >= 0.6 is 0 Å². The topological polar surface area (TPSA) is 28.1 Å². The van der Waals surface area contributed by atoms with Gasteiger partial charge in [0.05, 0.1) is 0 Å². The molecule has 0 spiro atoms. The number of hydrogen-bond donors (Lipinski definition) is 0. The first kappa shape index (κ1) is 11.3. The Labute approximate surface area is 72.0 Å². The largest absolute Gasteiger partial charge is 0.673 e. The summed E-state index contributed by atoms with van der Waals surface area (Å²) in [4.78, 5) is 2.95. The Morgan fingerprint density at radius 3 is 2.08 bits per heavy atom. The van der Waals surface area contributed by atoms with Crippen molar-refractivity contribution < 1.29 is 17.3 Å². The van der Waals surface area contributed by atoms with Crippen LogP contribution < -0.4 is 0 Å². The summed E-state index contributed by atoms with van der Waals surface area (Å²) in [6.07, 6.45) is 9.51. The molecule has 13 heavy (non-hydrogen) atoms. The lowest BCUT2D eigenvalue weighted by molar-refractivity contribution is 0.368. The zero-order chi connectivity index (χ0) is 10.3. The predicted molar refractivity (Wildman–Crippen MR) is 40.3 cm³/mol. The summed E-state index contributed by atoms with van der Waals surface area (Å²) in [5.74, 6) is 0. The Bertz CT molecular complexity index is 278. The second-order valence-electron chi connectivity index (χ2n) is 1.85. The minimum absolute atomic E-state index is 0.559. The third-order valence-corrected chi connectivity index (χ3v) is 0.816. The van der Waals surface area contributed by atoms with Crippen LogP contribution in [0.15, 0.2) is 30.0 Å². The van der Waals surface area contributed by atoms with E-state index in [1.54, 1.807) is 24.3 Å². The van der Waals surface area contributed by atoms with Crippen LogP contribution in [-0.4, -0.2) is 7.25 Å². The van der Waals surface area contributed by atoms with Crippen LogP contribution in [0.1, 0.15) is 0 Å². The van der Waals surface area contributed by atoms with Gasteiger partial charge in [0, 0.05) is 6.08 Å². The van der Waals surface area contributed by atoms with Gasteiger partial charge in [0.2, 0.25) is 5.39 Å². The molecular formula is C6H4BF4N2+. The molecule has 1 aliphatic carbocycles. The Kier molecular flexibility index (Phi) is 4.42. The Hall–Kier alpha value is -1.67. The molecule has 0 aromatic carbocycles. The van der Waals surface area contributed by atoms with Crippen molar-refractivity contribution in [2.75, 3.05) is 0 Å². The molecule has 0 fully saturated rings. The van der Waals surface area contributed by atoms with Crippen molar-refractivity contribution >= 4 is 7.25 Å². The maximum Gasteiger partial charge on any atom is 0.673 e. The number of nitrogens with zero attached hydrogens (tertiary/aromatic N) is 2. The highest BCUT2D eigenvalue weighted by molar-refractivity contribution is 6.50. The van der Waals surface area contributed by atoms with E-state index in [2.05, 4.69) is 11.1 Å². The van der Waals surface area contributed by atoms with Gasteiger partial charge in [0.25, 0.3) is 0 Å². The molecule has 0 N–H and O–H groups in total. The Morgan fingerprint density at radius 2 is 1.85 bits per heavy atom. The fourth-order valence-corrected chi connectivity index (χ4v) is 0.445. The van der Waals surface area contributed by atoms with Crippen LogP contribution in [-0.2, 0) is 0 Å². The maximum absolute atomic E-state index is 9.75. The fourth-order valence-electron chi connectivity index (χ4n) is 0.445. The average molecular weight is 191 g/mol. The molecule has 0 unspecified atom stereocenters. The molecule has 68 valence electrons. The van der Waals surface area contributed by atoms with Gasteiger partial charge in [-0.25, -0.2) is 0 Å². The zero-order valence-electron chi connectivity index (χ0n) is 6.29. The van der Waals surface area contributed by atoms with Crippen LogP contribution in [0.25, 0.3) is 4.98 Å². The molecule has 0 atom stereocenters. The van der Waals surface area contributed by atoms with Crippen molar-refractivity contribution in [1.82, 2.24) is 0 Å². The van der Waals surface area contributed by atoms with Gasteiger partial charge in [0.1, 0.15) is 24.3 Å². The van der Waals surface area contributed by atoms with E-state index in [1.807, 2.05) is 0 Å². The molecule has 0 aromatic rings. The molecule has 7 heteroatoms. The Balaban J connectivity index is 0.000000252. The quantitative estimate of drug-likeness (QED) is 0.250. The SMILES string of the molecule is F[B-](F)(F)F.N#[N+]C1=CC=[C+]C=C1. The first-order valence-electron chi connectivity index (χ1n) is 3.12. The highest BCUT2D eigenvalue weighted by Crippen LogP contribution is 2.06. The summed E-state index contributed by atoms with van der Waals surface area (Å²) in [6.45, 7) is 0. The highest BCUT2D eigenvalue weighted by Gasteiger charge is 2.20. The maximum atomic E-state index is 9.75. The van der Waals surface area contributed by atoms with Gasteiger partial charge in [-0.3, -0.25) is 0 Å². The number of hydrogen-bond acceptors (Lipinski definition) is 1. The lowest BCUT2D eigenvalue weighted by Gasteiger charge is -1.94. The number of diazo groups is 1. The Morgan fingerprint density at radius 1 is 1.31 bits per heavy atom. The summed E-state index contributed by atoms with van der Waals surface area (Å²) >= 11 is 0. The van der Waals surface area contributed by atoms with Gasteiger partial charge >= 0.3 is 13.0 Å². The van der Waals surface area contributed by atoms with E-state index in [-0.39, 0.29) is 0 Å². The van der Waals surface area contributed by atoms with Crippen LogP contribution in [0.5, 0.6) is 0 Å². The normalized spacial score (nSPS) is 13.3. The molecular weight excluding hydrogens is 187 g/mol. The standard InChI is InChI=1S/C6H4N2.BF4/c7-8-6-4-2-1-3-5-6;2-1(3,4)5/h2-5H;/q+2;-1. The summed E-state index contributed by atoms with van der Waals surface area (Å²) in [6, 6.07) is 0. The third-order valence-electron chi connectivity index (χ3n) is 0.816. The first-order valence-corrected chi connectivity index (χ1v) is 3.12. The highest BCUT2D eigenvalue weighted by atomic mass is 19.5. The molecule has 1 aliphatic rings. The smallest absolute Gasteiger partial charge is 0.418 e. The van der Waals surface area contributed by atoms with E-state index in [0.717, 1.165) is 0 Å². The van der Waals surface area contributed by atoms with E-state index >= 15 is 0 Å². The summed E-state index contributed by atoms with van der Waals surface area (Å²) in [7, 11) is -6.00. The summed E-state index contributed by atoms with van der Waals surface area (Å²) < 4.78 is 39.0. The first-order chi connectivity index (χ1) is 5.93. The van der Waals surface area contributed by atoms with Crippen LogP contribution in [0, 0.1) is 11.5 Å². The van der Waals surface area contributed by atoms with Crippen molar-refractivity contribution in [2.24, 2.45) is 0 Å². The lowest BCUT2D eigenvalue weighted by atomic mass is 10.3. The average Bonchev–Trinajstić information content (AvgIpc) is 2.03. The van der Waals surface area contributed by atoms with Gasteiger partial charge in [-0.1, -0.05) is 0 Å². The van der Waals surface area contributed by atoms with Crippen molar-refractivity contribution in [3.05, 3.63) is 41.1 Å². The molecule has 0 saturated heterocycles. The van der Waals surface area contributed by atoms with E-state index in [1.165, 1.54) is 0 Å². The fraction of sp³-hybridized carbons (Fsp3) is 0. The van der Waals surface area contributed by atoms with Gasteiger partial charge < -0.3 is 17.3 Å². The van der Waals surface area contributed by atoms with Gasteiger partial charge in [-0.2, -0.15) is 0 Å². The van der Waals surface area contributed by atoms with Crippen molar-refractivity contribution in [1.29, 1.82) is 5.39 Å². The van der Waals surface area contributed by atoms with Crippen molar-refractivity contribution in [3.8, 4) is 0 Å². The molecule has 0 aromatic heterocycles. The molecule has 2 nitrogen and oxygen atoms in total. The number of allylic oxidation sites excluding steroid dienone is 5. The molecule has 0 bridgehead atoms. The lowest BCUT2D eigenvalue weighted by Crippen LogP contribution is -2.02. The second kappa shape index (κ2) is 5.06. The zero-order valence-corrected chi connectivity index (χ0v) is 6.29. The van der Waals surface area contributed by atoms with Crippen molar-refractivity contribution in [2.45, 2.75) is 0 Å². The molecule has 0 amide bonds. The molecule has 0 saturated carbocycles. The van der Waals surface area contributed by atoms with Gasteiger partial charge in [-0.15, -0.1) is 0 Å².